The summed E-state index contributed by atoms with van der Waals surface area (Å²) in [4.78, 5) is 25.3. The number of amides is 1. The first kappa shape index (κ1) is 18.4. The number of hydrogen-bond donors (Lipinski definition) is 1. The Morgan fingerprint density at radius 1 is 1.04 bits per heavy atom. The Morgan fingerprint density at radius 3 is 2.20 bits per heavy atom. The Kier molecular flexibility index (Phi) is 6.05. The molecule has 0 saturated carbocycles. The minimum atomic E-state index is -1.22. The Morgan fingerprint density at radius 2 is 1.64 bits per heavy atom. The lowest BCUT2D eigenvalue weighted by molar-refractivity contribution is -0.124. The number of esters is 1. The molecular formula is C18H18F2N2O3. The zero-order valence-electron chi connectivity index (χ0n) is 13.9. The second kappa shape index (κ2) is 8.23. The van der Waals surface area contributed by atoms with Crippen molar-refractivity contribution in [3.8, 4) is 0 Å². The fourth-order valence-corrected chi connectivity index (χ4v) is 2.06. The standard InChI is InChI=1S/C18H18F2N2O3/c1-22(2)13-8-6-12(7-9-13)10-21-16(23)11-25-18(24)17-14(19)4-3-5-15(17)20/h3-9H,10-11H2,1-2H3,(H,21,23). The monoisotopic (exact) mass is 348 g/mol. The Balaban J connectivity index is 1.83. The zero-order chi connectivity index (χ0) is 18.4. The lowest BCUT2D eigenvalue weighted by atomic mass is 10.2. The van der Waals surface area contributed by atoms with Gasteiger partial charge in [-0.1, -0.05) is 18.2 Å². The number of nitrogens with zero attached hydrogens (tertiary/aromatic N) is 1. The van der Waals surface area contributed by atoms with Crippen LogP contribution in [0, 0.1) is 11.6 Å². The molecule has 0 spiro atoms. The maximum atomic E-state index is 13.4. The van der Waals surface area contributed by atoms with Crippen molar-refractivity contribution in [3.63, 3.8) is 0 Å². The predicted molar refractivity (Wildman–Crippen MR) is 89.3 cm³/mol. The summed E-state index contributed by atoms with van der Waals surface area (Å²) in [5.74, 6) is -3.86. The van der Waals surface area contributed by atoms with E-state index < -0.39 is 35.7 Å². The van der Waals surface area contributed by atoms with Gasteiger partial charge < -0.3 is 15.0 Å². The number of carbonyl (C=O) groups is 2. The van der Waals surface area contributed by atoms with Crippen LogP contribution in [0.15, 0.2) is 42.5 Å². The van der Waals surface area contributed by atoms with Gasteiger partial charge in [-0.25, -0.2) is 13.6 Å². The van der Waals surface area contributed by atoms with E-state index in [2.05, 4.69) is 10.1 Å². The highest BCUT2D eigenvalue weighted by atomic mass is 19.1. The summed E-state index contributed by atoms with van der Waals surface area (Å²) in [5.41, 5.74) is 1.08. The largest absolute Gasteiger partial charge is 0.452 e. The van der Waals surface area contributed by atoms with Crippen LogP contribution in [0.1, 0.15) is 15.9 Å². The number of anilines is 1. The number of benzene rings is 2. The minimum absolute atomic E-state index is 0.248. The van der Waals surface area contributed by atoms with Crippen LogP contribution in [0.2, 0.25) is 0 Å². The first-order valence-corrected chi connectivity index (χ1v) is 7.52. The molecule has 132 valence electrons. The van der Waals surface area contributed by atoms with Crippen LogP contribution >= 0.6 is 0 Å². The van der Waals surface area contributed by atoms with E-state index in [1.165, 1.54) is 0 Å². The van der Waals surface area contributed by atoms with Gasteiger partial charge in [-0.15, -0.1) is 0 Å². The van der Waals surface area contributed by atoms with Gasteiger partial charge in [-0.2, -0.15) is 0 Å². The molecule has 0 aliphatic heterocycles. The highest BCUT2D eigenvalue weighted by Gasteiger charge is 2.19. The second-order valence-electron chi connectivity index (χ2n) is 5.51. The summed E-state index contributed by atoms with van der Waals surface area (Å²) in [6, 6.07) is 10.5. The number of halogens is 2. The third-order valence-corrected chi connectivity index (χ3v) is 3.44. The molecule has 2 rings (SSSR count). The quantitative estimate of drug-likeness (QED) is 0.815. The summed E-state index contributed by atoms with van der Waals surface area (Å²) in [6.45, 7) is -0.374. The van der Waals surface area contributed by atoms with Crippen LogP contribution in [0.4, 0.5) is 14.5 Å². The molecule has 0 aromatic heterocycles. The molecule has 0 unspecified atom stereocenters. The summed E-state index contributed by atoms with van der Waals surface area (Å²) in [5, 5.41) is 2.57. The van der Waals surface area contributed by atoms with Crippen molar-refractivity contribution in [1.82, 2.24) is 5.32 Å². The van der Waals surface area contributed by atoms with Crippen LogP contribution in [-0.4, -0.2) is 32.6 Å². The van der Waals surface area contributed by atoms with E-state index in [1.54, 1.807) is 0 Å². The molecule has 7 heteroatoms. The molecule has 5 nitrogen and oxygen atoms in total. The van der Waals surface area contributed by atoms with Crippen LogP contribution in [0.25, 0.3) is 0 Å². The Hall–Kier alpha value is -2.96. The van der Waals surface area contributed by atoms with Crippen molar-refractivity contribution in [3.05, 3.63) is 65.2 Å². The zero-order valence-corrected chi connectivity index (χ0v) is 13.9. The molecule has 0 heterocycles. The highest BCUT2D eigenvalue weighted by Crippen LogP contribution is 2.13. The molecule has 2 aromatic carbocycles. The van der Waals surface area contributed by atoms with Gasteiger partial charge in [0.25, 0.3) is 5.91 Å². The van der Waals surface area contributed by atoms with Crippen molar-refractivity contribution < 1.29 is 23.1 Å². The maximum absolute atomic E-state index is 13.4. The van der Waals surface area contributed by atoms with Gasteiger partial charge in [0.2, 0.25) is 0 Å². The number of nitrogens with one attached hydrogen (secondary N) is 1. The molecule has 0 fully saturated rings. The molecule has 0 aliphatic carbocycles. The molecule has 0 bridgehead atoms. The number of rotatable bonds is 6. The normalized spacial score (nSPS) is 10.2. The number of carbonyl (C=O) groups excluding carboxylic acids is 2. The van der Waals surface area contributed by atoms with Crippen LogP contribution < -0.4 is 10.2 Å². The first-order valence-electron chi connectivity index (χ1n) is 7.52. The molecule has 1 N–H and O–H groups in total. The summed E-state index contributed by atoms with van der Waals surface area (Å²) >= 11 is 0. The van der Waals surface area contributed by atoms with Crippen molar-refractivity contribution in [2.45, 2.75) is 6.54 Å². The molecule has 0 atom stereocenters. The third-order valence-electron chi connectivity index (χ3n) is 3.44. The van der Waals surface area contributed by atoms with Gasteiger partial charge in [-0.05, 0) is 29.8 Å². The number of hydrogen-bond acceptors (Lipinski definition) is 4. The van der Waals surface area contributed by atoms with Gasteiger partial charge in [0.1, 0.15) is 17.2 Å². The van der Waals surface area contributed by atoms with Crippen LogP contribution in [0.5, 0.6) is 0 Å². The number of ether oxygens (including phenoxy) is 1. The van der Waals surface area contributed by atoms with E-state index >= 15 is 0 Å². The van der Waals surface area contributed by atoms with Crippen LogP contribution in [0.3, 0.4) is 0 Å². The molecule has 25 heavy (non-hydrogen) atoms. The van der Waals surface area contributed by atoms with Crippen molar-refractivity contribution in [2.24, 2.45) is 0 Å². The molecule has 2 aromatic rings. The topological polar surface area (TPSA) is 58.6 Å². The van der Waals surface area contributed by atoms with E-state index in [9.17, 15) is 18.4 Å². The third kappa shape index (κ3) is 5.00. The smallest absolute Gasteiger partial charge is 0.344 e. The summed E-state index contributed by atoms with van der Waals surface area (Å²) in [7, 11) is 3.84. The first-order chi connectivity index (χ1) is 11.9. The fraction of sp³-hybridized carbons (Fsp3) is 0.222. The van der Waals surface area contributed by atoms with Crippen molar-refractivity contribution in [2.75, 3.05) is 25.6 Å². The van der Waals surface area contributed by atoms with Gasteiger partial charge in [0, 0.05) is 26.3 Å². The molecular weight excluding hydrogens is 330 g/mol. The van der Waals surface area contributed by atoms with Gasteiger partial charge >= 0.3 is 5.97 Å². The van der Waals surface area contributed by atoms with Crippen molar-refractivity contribution >= 4 is 17.6 Å². The molecule has 0 aliphatic rings. The van der Waals surface area contributed by atoms with E-state index in [0.29, 0.717) is 0 Å². The molecule has 0 radical (unpaired) electrons. The summed E-state index contributed by atoms with van der Waals surface area (Å²) in [6.07, 6.45) is 0. The van der Waals surface area contributed by atoms with E-state index in [4.69, 9.17) is 0 Å². The predicted octanol–water partition coefficient (Wildman–Crippen LogP) is 2.50. The van der Waals surface area contributed by atoms with Crippen LogP contribution in [-0.2, 0) is 16.1 Å². The Bertz CT molecular complexity index is 741. The van der Waals surface area contributed by atoms with E-state index in [0.717, 1.165) is 29.4 Å². The lowest BCUT2D eigenvalue weighted by Crippen LogP contribution is -2.28. The van der Waals surface area contributed by atoms with E-state index in [1.807, 2.05) is 43.3 Å². The Labute approximate surface area is 144 Å². The average molecular weight is 348 g/mol. The molecule has 0 saturated heterocycles. The van der Waals surface area contributed by atoms with Gasteiger partial charge in [0.15, 0.2) is 6.61 Å². The van der Waals surface area contributed by atoms with Crippen molar-refractivity contribution in [1.29, 1.82) is 0 Å². The average Bonchev–Trinajstić information content (AvgIpc) is 2.58. The second-order valence-corrected chi connectivity index (χ2v) is 5.51. The maximum Gasteiger partial charge on any atom is 0.344 e. The minimum Gasteiger partial charge on any atom is -0.452 e. The highest BCUT2D eigenvalue weighted by molar-refractivity contribution is 5.91. The van der Waals surface area contributed by atoms with Gasteiger partial charge in [0.05, 0.1) is 0 Å². The SMILES string of the molecule is CN(C)c1ccc(CNC(=O)COC(=O)c2c(F)cccc2F)cc1. The lowest BCUT2D eigenvalue weighted by Gasteiger charge is -2.13. The van der Waals surface area contributed by atoms with Gasteiger partial charge in [-0.3, -0.25) is 4.79 Å². The fourth-order valence-electron chi connectivity index (χ4n) is 2.06. The van der Waals surface area contributed by atoms with E-state index in [-0.39, 0.29) is 6.54 Å². The summed E-state index contributed by atoms with van der Waals surface area (Å²) < 4.78 is 31.5. The molecule has 1 amide bonds.